The molecule has 0 bridgehead atoms. The Morgan fingerprint density at radius 2 is 1.69 bits per heavy atom. The fourth-order valence-corrected chi connectivity index (χ4v) is 0.734. The predicted octanol–water partition coefficient (Wildman–Crippen LogP) is 2.55. The minimum atomic E-state index is -0.973. The van der Waals surface area contributed by atoms with Crippen LogP contribution in [0.15, 0.2) is 4.42 Å². The van der Waals surface area contributed by atoms with Gasteiger partial charge >= 0.3 is 0 Å². The quantitative estimate of drug-likeness (QED) is 0.731. The molecule has 0 amide bonds. The summed E-state index contributed by atoms with van der Waals surface area (Å²) in [5, 5.41) is 9.47. The van der Waals surface area contributed by atoms with Gasteiger partial charge in [0.15, 0.2) is 0 Å². The largest absolute Gasteiger partial charge is 0.443 e. The Balaban J connectivity index is 0.000000671. The van der Waals surface area contributed by atoms with Gasteiger partial charge in [0.25, 0.3) is 0 Å². The molecule has 0 aliphatic rings. The molecule has 1 heterocycles. The number of nitrogens with zero attached hydrogens (tertiary/aromatic N) is 1. The minimum Gasteiger partial charge on any atom is -0.443 e. The molecule has 0 saturated carbocycles. The Hall–Kier alpha value is -0.830. The van der Waals surface area contributed by atoms with Gasteiger partial charge < -0.3 is 9.52 Å². The lowest BCUT2D eigenvalue weighted by molar-refractivity contribution is 0.0475. The lowest BCUT2D eigenvalue weighted by atomic mass is 10.1. The fraction of sp³-hybridized carbons (Fsp3) is 0.700. The summed E-state index contributed by atoms with van der Waals surface area (Å²) in [6, 6.07) is 0. The van der Waals surface area contributed by atoms with Gasteiger partial charge in [0.2, 0.25) is 5.89 Å². The second-order valence-electron chi connectivity index (χ2n) is 3.22. The monoisotopic (exact) mass is 185 g/mol. The number of aromatic nitrogens is 1. The van der Waals surface area contributed by atoms with Crippen LogP contribution in [0.5, 0.6) is 0 Å². The van der Waals surface area contributed by atoms with E-state index in [4.69, 9.17) is 4.42 Å². The van der Waals surface area contributed by atoms with Crippen molar-refractivity contribution in [3.8, 4) is 0 Å². The van der Waals surface area contributed by atoms with Crippen LogP contribution in [-0.4, -0.2) is 10.1 Å². The number of hydrogen-bond acceptors (Lipinski definition) is 3. The summed E-state index contributed by atoms with van der Waals surface area (Å²) in [6.45, 7) is 11.0. The molecule has 0 aliphatic heterocycles. The number of aliphatic hydroxyl groups is 1. The average molecular weight is 185 g/mol. The standard InChI is InChI=1S/C8H13NO2.C2H6/c1-5-6(2)11-7(9-5)8(3,4)10;1-2/h10H,1-4H3;1-2H3. The molecule has 13 heavy (non-hydrogen) atoms. The molecule has 1 aromatic heterocycles. The Kier molecular flexibility index (Phi) is 4.14. The first-order chi connectivity index (χ1) is 5.91. The molecule has 1 rings (SSSR count). The van der Waals surface area contributed by atoms with E-state index >= 15 is 0 Å². The van der Waals surface area contributed by atoms with Crippen LogP contribution < -0.4 is 0 Å². The Labute approximate surface area is 79.8 Å². The molecule has 76 valence electrons. The summed E-state index contributed by atoms with van der Waals surface area (Å²) in [5.74, 6) is 1.15. The van der Waals surface area contributed by atoms with Gasteiger partial charge in [-0.3, -0.25) is 0 Å². The molecule has 0 aliphatic carbocycles. The van der Waals surface area contributed by atoms with Crippen molar-refractivity contribution in [2.45, 2.75) is 47.1 Å². The van der Waals surface area contributed by atoms with Gasteiger partial charge in [-0.25, -0.2) is 4.98 Å². The van der Waals surface area contributed by atoms with Gasteiger partial charge in [0.05, 0.1) is 5.69 Å². The third-order valence-corrected chi connectivity index (χ3v) is 1.55. The van der Waals surface area contributed by atoms with Crippen LogP contribution in [0.2, 0.25) is 0 Å². The molecule has 0 saturated heterocycles. The molecule has 1 N–H and O–H groups in total. The highest BCUT2D eigenvalue weighted by atomic mass is 16.4. The zero-order chi connectivity index (χ0) is 10.6. The maximum absolute atomic E-state index is 9.47. The highest BCUT2D eigenvalue weighted by molar-refractivity contribution is 5.08. The van der Waals surface area contributed by atoms with Crippen molar-refractivity contribution in [3.63, 3.8) is 0 Å². The van der Waals surface area contributed by atoms with E-state index in [-0.39, 0.29) is 0 Å². The molecule has 3 nitrogen and oxygen atoms in total. The molecule has 1 aromatic rings. The van der Waals surface area contributed by atoms with Crippen LogP contribution in [-0.2, 0) is 5.60 Å². The van der Waals surface area contributed by atoms with Crippen LogP contribution in [0.4, 0.5) is 0 Å². The third-order valence-electron chi connectivity index (χ3n) is 1.55. The van der Waals surface area contributed by atoms with E-state index in [1.54, 1.807) is 13.8 Å². The number of hydrogen-bond donors (Lipinski definition) is 1. The summed E-state index contributed by atoms with van der Waals surface area (Å²) in [7, 11) is 0. The Morgan fingerprint density at radius 3 is 1.85 bits per heavy atom. The first-order valence-electron chi connectivity index (χ1n) is 4.58. The third kappa shape index (κ3) is 3.19. The molecule has 0 fully saturated rings. The van der Waals surface area contributed by atoms with Crippen LogP contribution in [0.1, 0.15) is 45.0 Å². The van der Waals surface area contributed by atoms with Crippen LogP contribution in [0.3, 0.4) is 0 Å². The number of rotatable bonds is 1. The Morgan fingerprint density at radius 1 is 1.23 bits per heavy atom. The molecule has 0 radical (unpaired) electrons. The van der Waals surface area contributed by atoms with Crippen molar-refractivity contribution in [3.05, 3.63) is 17.3 Å². The second-order valence-corrected chi connectivity index (χ2v) is 3.22. The Bertz CT molecular complexity index is 239. The van der Waals surface area contributed by atoms with Crippen molar-refractivity contribution in [1.29, 1.82) is 0 Å². The lowest BCUT2D eigenvalue weighted by Gasteiger charge is -2.10. The van der Waals surface area contributed by atoms with E-state index in [1.807, 2.05) is 27.7 Å². The van der Waals surface area contributed by atoms with Gasteiger partial charge in [-0.1, -0.05) is 13.8 Å². The SMILES string of the molecule is CC.Cc1nc(C(C)(C)O)oc1C. The highest BCUT2D eigenvalue weighted by Gasteiger charge is 2.22. The summed E-state index contributed by atoms with van der Waals surface area (Å²) in [6.07, 6.45) is 0. The van der Waals surface area contributed by atoms with Crippen LogP contribution >= 0.6 is 0 Å². The van der Waals surface area contributed by atoms with Crippen LogP contribution in [0.25, 0.3) is 0 Å². The molecule has 0 aromatic carbocycles. The molecule has 3 heteroatoms. The molecule has 0 spiro atoms. The molecule has 0 atom stereocenters. The van der Waals surface area contributed by atoms with Gasteiger partial charge in [-0.05, 0) is 27.7 Å². The van der Waals surface area contributed by atoms with E-state index in [2.05, 4.69) is 4.98 Å². The van der Waals surface area contributed by atoms with Gasteiger partial charge in [-0.2, -0.15) is 0 Å². The number of aryl methyl sites for hydroxylation is 2. The summed E-state index contributed by atoms with van der Waals surface area (Å²) in [4.78, 5) is 4.06. The van der Waals surface area contributed by atoms with Gasteiger partial charge in [0.1, 0.15) is 11.4 Å². The average Bonchev–Trinajstić information content (AvgIpc) is 2.35. The predicted molar refractivity (Wildman–Crippen MR) is 52.6 cm³/mol. The van der Waals surface area contributed by atoms with Gasteiger partial charge in [-0.15, -0.1) is 0 Å². The van der Waals surface area contributed by atoms with Crippen LogP contribution in [0, 0.1) is 13.8 Å². The zero-order valence-electron chi connectivity index (χ0n) is 9.30. The van der Waals surface area contributed by atoms with Crippen molar-refractivity contribution >= 4 is 0 Å². The smallest absolute Gasteiger partial charge is 0.226 e. The van der Waals surface area contributed by atoms with Crippen molar-refractivity contribution < 1.29 is 9.52 Å². The summed E-state index contributed by atoms with van der Waals surface area (Å²) in [5.41, 5.74) is -0.138. The van der Waals surface area contributed by atoms with Crippen molar-refractivity contribution in [2.24, 2.45) is 0 Å². The minimum absolute atomic E-state index is 0.382. The normalized spacial score (nSPS) is 10.7. The first kappa shape index (κ1) is 12.2. The van der Waals surface area contributed by atoms with E-state index < -0.39 is 5.60 Å². The van der Waals surface area contributed by atoms with E-state index in [1.165, 1.54) is 0 Å². The summed E-state index contributed by atoms with van der Waals surface area (Å²) < 4.78 is 5.22. The highest BCUT2D eigenvalue weighted by Crippen LogP contribution is 2.20. The maximum atomic E-state index is 9.47. The zero-order valence-corrected chi connectivity index (χ0v) is 9.30. The maximum Gasteiger partial charge on any atom is 0.226 e. The fourth-order valence-electron chi connectivity index (χ4n) is 0.734. The van der Waals surface area contributed by atoms with Crippen molar-refractivity contribution in [2.75, 3.05) is 0 Å². The first-order valence-corrected chi connectivity index (χ1v) is 4.58. The van der Waals surface area contributed by atoms with E-state index in [9.17, 15) is 5.11 Å². The second kappa shape index (κ2) is 4.42. The van der Waals surface area contributed by atoms with Gasteiger partial charge in [0, 0.05) is 0 Å². The van der Waals surface area contributed by atoms with E-state index in [0.717, 1.165) is 11.5 Å². The molecular weight excluding hydrogens is 166 g/mol. The molecular formula is C10H19NO2. The number of oxazole rings is 1. The topological polar surface area (TPSA) is 46.3 Å². The summed E-state index contributed by atoms with van der Waals surface area (Å²) >= 11 is 0. The van der Waals surface area contributed by atoms with E-state index in [0.29, 0.717) is 5.89 Å². The molecule has 0 unspecified atom stereocenters. The van der Waals surface area contributed by atoms with Crippen molar-refractivity contribution in [1.82, 2.24) is 4.98 Å². The lowest BCUT2D eigenvalue weighted by Crippen LogP contribution is -2.15.